The van der Waals surface area contributed by atoms with Gasteiger partial charge in [-0.15, -0.1) is 11.3 Å². The molecule has 0 aromatic carbocycles. The van der Waals surface area contributed by atoms with E-state index in [0.29, 0.717) is 0 Å². The maximum Gasteiger partial charge on any atom is 0.193 e. The van der Waals surface area contributed by atoms with Crippen molar-refractivity contribution in [1.82, 2.24) is 9.38 Å². The number of thiazole rings is 1. The van der Waals surface area contributed by atoms with Gasteiger partial charge in [-0.05, 0) is 6.42 Å². The molecule has 17 heavy (non-hydrogen) atoms. The average Bonchev–Trinajstić information content (AvgIpc) is 2.84. The summed E-state index contributed by atoms with van der Waals surface area (Å²) in [7, 11) is 0. The molecule has 3 nitrogen and oxygen atoms in total. The van der Waals surface area contributed by atoms with E-state index in [1.165, 1.54) is 25.7 Å². The molecule has 0 amide bonds. The third-order valence-electron chi connectivity index (χ3n) is 3.04. The Morgan fingerprint density at radius 3 is 3.06 bits per heavy atom. The van der Waals surface area contributed by atoms with E-state index < -0.39 is 0 Å². The van der Waals surface area contributed by atoms with Gasteiger partial charge in [0.2, 0.25) is 0 Å². The molecule has 2 heterocycles. The summed E-state index contributed by atoms with van der Waals surface area (Å²) in [5.41, 5.74) is 7.26. The zero-order valence-corrected chi connectivity index (χ0v) is 11.2. The standard InChI is InChI=1S/C13H21N3S/c1-2-3-4-5-6-11(14)9-12-10-16-7-8-17-13(16)15-12/h7-8,10-11H,2-6,9,14H2,1H3. The van der Waals surface area contributed by atoms with E-state index >= 15 is 0 Å². The molecule has 2 aromatic heterocycles. The normalized spacial score (nSPS) is 13.3. The van der Waals surface area contributed by atoms with Gasteiger partial charge in [-0.3, -0.25) is 4.40 Å². The van der Waals surface area contributed by atoms with Crippen LogP contribution in [0.15, 0.2) is 17.8 Å². The van der Waals surface area contributed by atoms with Crippen LogP contribution in [-0.2, 0) is 6.42 Å². The van der Waals surface area contributed by atoms with Gasteiger partial charge in [0, 0.05) is 30.2 Å². The predicted molar refractivity (Wildman–Crippen MR) is 73.5 cm³/mol. The van der Waals surface area contributed by atoms with Gasteiger partial charge in [0.15, 0.2) is 4.96 Å². The molecule has 2 N–H and O–H groups in total. The molecule has 0 saturated carbocycles. The highest BCUT2D eigenvalue weighted by atomic mass is 32.1. The highest BCUT2D eigenvalue weighted by molar-refractivity contribution is 7.15. The Morgan fingerprint density at radius 1 is 1.41 bits per heavy atom. The van der Waals surface area contributed by atoms with E-state index in [0.717, 1.165) is 23.5 Å². The molecular weight excluding hydrogens is 230 g/mol. The van der Waals surface area contributed by atoms with Gasteiger partial charge < -0.3 is 5.73 Å². The van der Waals surface area contributed by atoms with Crippen LogP contribution in [0.2, 0.25) is 0 Å². The van der Waals surface area contributed by atoms with Crippen LogP contribution in [-0.4, -0.2) is 15.4 Å². The van der Waals surface area contributed by atoms with Gasteiger partial charge in [-0.1, -0.05) is 32.6 Å². The van der Waals surface area contributed by atoms with Gasteiger partial charge in [-0.2, -0.15) is 0 Å². The van der Waals surface area contributed by atoms with Crippen LogP contribution in [0.25, 0.3) is 4.96 Å². The highest BCUT2D eigenvalue weighted by Crippen LogP contribution is 2.13. The zero-order valence-electron chi connectivity index (χ0n) is 10.4. The molecule has 2 rings (SSSR count). The lowest BCUT2D eigenvalue weighted by atomic mass is 10.0. The second-order valence-corrected chi connectivity index (χ2v) is 5.51. The average molecular weight is 251 g/mol. The SMILES string of the molecule is CCCCCCC(N)Cc1cn2ccsc2n1. The van der Waals surface area contributed by atoms with Crippen molar-refractivity contribution in [2.24, 2.45) is 5.73 Å². The lowest BCUT2D eigenvalue weighted by molar-refractivity contribution is 0.543. The van der Waals surface area contributed by atoms with Crippen molar-refractivity contribution in [2.45, 2.75) is 51.5 Å². The third kappa shape index (κ3) is 3.54. The molecule has 2 aromatic rings. The highest BCUT2D eigenvalue weighted by Gasteiger charge is 2.08. The number of hydrogen-bond donors (Lipinski definition) is 1. The van der Waals surface area contributed by atoms with Crippen LogP contribution in [0.4, 0.5) is 0 Å². The lowest BCUT2D eigenvalue weighted by Crippen LogP contribution is -2.22. The first kappa shape index (κ1) is 12.6. The molecule has 4 heteroatoms. The van der Waals surface area contributed by atoms with Crippen molar-refractivity contribution in [3.63, 3.8) is 0 Å². The summed E-state index contributed by atoms with van der Waals surface area (Å²) in [6.07, 6.45) is 11.3. The van der Waals surface area contributed by atoms with E-state index in [9.17, 15) is 0 Å². The van der Waals surface area contributed by atoms with Gasteiger partial charge in [0.05, 0.1) is 5.69 Å². The minimum Gasteiger partial charge on any atom is -0.327 e. The molecule has 0 radical (unpaired) electrons. The first-order valence-electron chi connectivity index (χ1n) is 6.46. The largest absolute Gasteiger partial charge is 0.327 e. The second kappa shape index (κ2) is 6.17. The first-order chi connectivity index (χ1) is 8.29. The van der Waals surface area contributed by atoms with Crippen LogP contribution in [0.3, 0.4) is 0 Å². The molecular formula is C13H21N3S. The van der Waals surface area contributed by atoms with Crippen LogP contribution in [0.5, 0.6) is 0 Å². The zero-order chi connectivity index (χ0) is 12.1. The molecule has 0 aliphatic heterocycles. The summed E-state index contributed by atoms with van der Waals surface area (Å²) in [5, 5.41) is 2.05. The maximum atomic E-state index is 6.13. The predicted octanol–water partition coefficient (Wildman–Crippen LogP) is 3.24. The number of fused-ring (bicyclic) bond motifs is 1. The number of aromatic nitrogens is 2. The van der Waals surface area contributed by atoms with Gasteiger partial charge >= 0.3 is 0 Å². The van der Waals surface area contributed by atoms with E-state index in [4.69, 9.17) is 5.73 Å². The molecule has 0 saturated heterocycles. The van der Waals surface area contributed by atoms with E-state index in [1.54, 1.807) is 11.3 Å². The fourth-order valence-electron chi connectivity index (χ4n) is 2.08. The first-order valence-corrected chi connectivity index (χ1v) is 7.34. The molecule has 1 unspecified atom stereocenters. The molecule has 0 bridgehead atoms. The van der Waals surface area contributed by atoms with Crippen molar-refractivity contribution in [2.75, 3.05) is 0 Å². The maximum absolute atomic E-state index is 6.13. The number of rotatable bonds is 7. The Kier molecular flexibility index (Phi) is 4.57. The van der Waals surface area contributed by atoms with Crippen molar-refractivity contribution >= 4 is 16.3 Å². The number of nitrogens with zero attached hydrogens (tertiary/aromatic N) is 2. The van der Waals surface area contributed by atoms with E-state index in [-0.39, 0.29) is 6.04 Å². The summed E-state index contributed by atoms with van der Waals surface area (Å²) in [6.45, 7) is 2.23. The number of nitrogens with two attached hydrogens (primary N) is 1. The number of unbranched alkanes of at least 4 members (excludes halogenated alkanes) is 3. The lowest BCUT2D eigenvalue weighted by Gasteiger charge is -2.09. The van der Waals surface area contributed by atoms with Crippen molar-refractivity contribution in [3.8, 4) is 0 Å². The van der Waals surface area contributed by atoms with Crippen LogP contribution in [0, 0.1) is 0 Å². The Balaban J connectivity index is 1.78. The van der Waals surface area contributed by atoms with Crippen molar-refractivity contribution in [1.29, 1.82) is 0 Å². The second-order valence-electron chi connectivity index (χ2n) is 4.64. The minimum absolute atomic E-state index is 0.261. The Labute approximate surface area is 107 Å². The summed E-state index contributed by atoms with van der Waals surface area (Å²) in [5.74, 6) is 0. The molecule has 0 fully saturated rings. The summed E-state index contributed by atoms with van der Waals surface area (Å²) < 4.78 is 2.07. The topological polar surface area (TPSA) is 43.3 Å². The molecule has 0 aliphatic carbocycles. The summed E-state index contributed by atoms with van der Waals surface area (Å²) >= 11 is 1.67. The van der Waals surface area contributed by atoms with Crippen LogP contribution in [0.1, 0.15) is 44.7 Å². The fourth-order valence-corrected chi connectivity index (χ4v) is 2.80. The van der Waals surface area contributed by atoms with Gasteiger partial charge in [0.25, 0.3) is 0 Å². The summed E-state index contributed by atoms with van der Waals surface area (Å²) in [4.78, 5) is 5.63. The Bertz CT molecular complexity index is 418. The summed E-state index contributed by atoms with van der Waals surface area (Å²) in [6, 6.07) is 0.261. The van der Waals surface area contributed by atoms with Crippen LogP contribution >= 0.6 is 11.3 Å². The Morgan fingerprint density at radius 2 is 2.29 bits per heavy atom. The van der Waals surface area contributed by atoms with Gasteiger partial charge in [0.1, 0.15) is 0 Å². The number of hydrogen-bond acceptors (Lipinski definition) is 3. The molecule has 1 atom stereocenters. The van der Waals surface area contributed by atoms with E-state index in [1.807, 2.05) is 6.20 Å². The smallest absolute Gasteiger partial charge is 0.193 e. The fraction of sp³-hybridized carbons (Fsp3) is 0.615. The van der Waals surface area contributed by atoms with Crippen molar-refractivity contribution in [3.05, 3.63) is 23.5 Å². The van der Waals surface area contributed by atoms with E-state index in [2.05, 4.69) is 27.9 Å². The monoisotopic (exact) mass is 251 g/mol. The van der Waals surface area contributed by atoms with Crippen LogP contribution < -0.4 is 5.73 Å². The number of imidazole rings is 1. The minimum atomic E-state index is 0.261. The van der Waals surface area contributed by atoms with Crippen molar-refractivity contribution < 1.29 is 0 Å². The molecule has 0 spiro atoms. The van der Waals surface area contributed by atoms with Gasteiger partial charge in [-0.25, -0.2) is 4.98 Å². The molecule has 94 valence electrons. The Hall–Kier alpha value is -0.870. The third-order valence-corrected chi connectivity index (χ3v) is 3.81. The molecule has 0 aliphatic rings. The quantitative estimate of drug-likeness (QED) is 0.768.